The van der Waals surface area contributed by atoms with E-state index in [0.717, 1.165) is 5.56 Å². The zero-order valence-corrected chi connectivity index (χ0v) is 14.7. The molecule has 2 N–H and O–H groups in total. The summed E-state index contributed by atoms with van der Waals surface area (Å²) in [6.45, 7) is 3.58. The van der Waals surface area contributed by atoms with E-state index in [-0.39, 0.29) is 18.9 Å². The summed E-state index contributed by atoms with van der Waals surface area (Å²) >= 11 is 0. The lowest BCUT2D eigenvalue weighted by molar-refractivity contribution is -0.144. The van der Waals surface area contributed by atoms with Gasteiger partial charge in [0.25, 0.3) is 0 Å². The summed E-state index contributed by atoms with van der Waals surface area (Å²) in [5.74, 6) is -1.44. The standard InChI is InChI=1S/C18H24N2O5/c1-4-25-17(22)20-19-14-11-18(2,23)10-13(15(14)16(21)24-3)12-8-6-5-7-9-12/h5-9,13,15,23H,4,10-11H2,1-3H3,(H,20,22)/b19-14+. The first-order valence-electron chi connectivity index (χ1n) is 8.22. The van der Waals surface area contributed by atoms with E-state index in [4.69, 9.17) is 9.47 Å². The van der Waals surface area contributed by atoms with Gasteiger partial charge in [-0.15, -0.1) is 0 Å². The number of carbonyl (C=O) groups excluding carboxylic acids is 2. The number of benzene rings is 1. The van der Waals surface area contributed by atoms with Crippen LogP contribution in [0.15, 0.2) is 35.4 Å². The summed E-state index contributed by atoms with van der Waals surface area (Å²) in [7, 11) is 1.31. The lowest BCUT2D eigenvalue weighted by atomic mass is 9.68. The fourth-order valence-electron chi connectivity index (χ4n) is 3.22. The number of rotatable bonds is 4. The third-order valence-electron chi connectivity index (χ3n) is 4.23. The molecule has 0 radical (unpaired) electrons. The van der Waals surface area contributed by atoms with E-state index in [1.165, 1.54) is 7.11 Å². The van der Waals surface area contributed by atoms with Crippen LogP contribution in [0.4, 0.5) is 4.79 Å². The maximum atomic E-state index is 12.4. The van der Waals surface area contributed by atoms with Crippen LogP contribution in [-0.2, 0) is 14.3 Å². The summed E-state index contributed by atoms with van der Waals surface area (Å²) < 4.78 is 9.73. The molecule has 7 heteroatoms. The third kappa shape index (κ3) is 4.79. The number of esters is 1. The third-order valence-corrected chi connectivity index (χ3v) is 4.23. The Bertz CT molecular complexity index is 642. The van der Waals surface area contributed by atoms with Gasteiger partial charge in [0.15, 0.2) is 0 Å². The predicted molar refractivity (Wildman–Crippen MR) is 92.1 cm³/mol. The predicted octanol–water partition coefficient (Wildman–Crippen LogP) is 2.21. The maximum absolute atomic E-state index is 12.4. The first-order chi connectivity index (χ1) is 11.9. The summed E-state index contributed by atoms with van der Waals surface area (Å²) in [4.78, 5) is 23.9. The minimum Gasteiger partial charge on any atom is -0.468 e. The Morgan fingerprint density at radius 2 is 2.04 bits per heavy atom. The van der Waals surface area contributed by atoms with E-state index in [1.807, 2.05) is 30.3 Å². The van der Waals surface area contributed by atoms with E-state index < -0.39 is 23.6 Å². The molecule has 1 aliphatic rings. The van der Waals surface area contributed by atoms with Gasteiger partial charge >= 0.3 is 12.1 Å². The normalized spacial score (nSPS) is 27.6. The zero-order chi connectivity index (χ0) is 18.4. The molecular formula is C18H24N2O5. The topological polar surface area (TPSA) is 97.2 Å². The van der Waals surface area contributed by atoms with Crippen LogP contribution in [0, 0.1) is 5.92 Å². The molecule has 7 nitrogen and oxygen atoms in total. The lowest BCUT2D eigenvalue weighted by Crippen LogP contribution is -2.46. The van der Waals surface area contributed by atoms with Gasteiger partial charge in [-0.1, -0.05) is 30.3 Å². The van der Waals surface area contributed by atoms with Crippen LogP contribution < -0.4 is 5.43 Å². The van der Waals surface area contributed by atoms with Crippen LogP contribution in [0.25, 0.3) is 0 Å². The van der Waals surface area contributed by atoms with Gasteiger partial charge in [-0.2, -0.15) is 5.10 Å². The summed E-state index contributed by atoms with van der Waals surface area (Å²) in [5.41, 5.74) is 2.49. The molecule has 1 aromatic carbocycles. The molecule has 1 saturated carbocycles. The molecule has 25 heavy (non-hydrogen) atoms. The largest absolute Gasteiger partial charge is 0.468 e. The van der Waals surface area contributed by atoms with Crippen LogP contribution in [0.5, 0.6) is 0 Å². The van der Waals surface area contributed by atoms with Gasteiger partial charge in [-0.05, 0) is 25.8 Å². The Morgan fingerprint density at radius 1 is 1.36 bits per heavy atom. The zero-order valence-electron chi connectivity index (χ0n) is 14.7. The Balaban J connectivity index is 2.39. The van der Waals surface area contributed by atoms with E-state index in [0.29, 0.717) is 12.1 Å². The van der Waals surface area contributed by atoms with Crippen molar-refractivity contribution in [1.29, 1.82) is 0 Å². The summed E-state index contributed by atoms with van der Waals surface area (Å²) in [6, 6.07) is 9.44. The first-order valence-corrected chi connectivity index (χ1v) is 8.22. The van der Waals surface area contributed by atoms with Crippen LogP contribution in [0.1, 0.15) is 38.2 Å². The first kappa shape index (κ1) is 18.9. The van der Waals surface area contributed by atoms with Gasteiger partial charge in [0, 0.05) is 12.3 Å². The van der Waals surface area contributed by atoms with Crippen LogP contribution in [0.3, 0.4) is 0 Å². The van der Waals surface area contributed by atoms with Crippen molar-refractivity contribution in [2.24, 2.45) is 11.0 Å². The fraction of sp³-hybridized carbons (Fsp3) is 0.500. The Labute approximate surface area is 147 Å². The van der Waals surface area contributed by atoms with E-state index in [1.54, 1.807) is 13.8 Å². The molecule has 0 heterocycles. The number of nitrogens with one attached hydrogen (secondary N) is 1. The van der Waals surface area contributed by atoms with Crippen molar-refractivity contribution in [2.75, 3.05) is 13.7 Å². The monoisotopic (exact) mass is 348 g/mol. The number of carbonyl (C=O) groups is 2. The number of amides is 1. The van der Waals surface area contributed by atoms with Gasteiger partial charge in [0.2, 0.25) is 0 Å². The molecule has 0 aliphatic heterocycles. The smallest absolute Gasteiger partial charge is 0.427 e. The molecule has 0 bridgehead atoms. The van der Waals surface area contributed by atoms with Crippen LogP contribution >= 0.6 is 0 Å². The Morgan fingerprint density at radius 3 is 2.64 bits per heavy atom. The van der Waals surface area contributed by atoms with Crippen molar-refractivity contribution in [2.45, 2.75) is 38.2 Å². The molecule has 1 aliphatic carbocycles. The van der Waals surface area contributed by atoms with Crippen molar-refractivity contribution < 1.29 is 24.2 Å². The summed E-state index contributed by atoms with van der Waals surface area (Å²) in [6.07, 6.45) is -0.169. The van der Waals surface area contributed by atoms with Crippen molar-refractivity contribution >= 4 is 17.8 Å². The molecule has 3 atom stereocenters. The van der Waals surface area contributed by atoms with Gasteiger partial charge in [0.1, 0.15) is 5.92 Å². The molecule has 0 aromatic heterocycles. The Hall–Kier alpha value is -2.41. The molecular weight excluding hydrogens is 324 g/mol. The fourth-order valence-corrected chi connectivity index (χ4v) is 3.22. The molecule has 136 valence electrons. The van der Waals surface area contributed by atoms with E-state index in [2.05, 4.69) is 10.5 Å². The van der Waals surface area contributed by atoms with Crippen molar-refractivity contribution in [1.82, 2.24) is 5.43 Å². The number of hydrogen-bond donors (Lipinski definition) is 2. The second kappa shape index (κ2) is 8.11. The molecule has 2 rings (SSSR count). The number of ether oxygens (including phenoxy) is 2. The van der Waals surface area contributed by atoms with Gasteiger partial charge in [-0.3, -0.25) is 4.79 Å². The van der Waals surface area contributed by atoms with Gasteiger partial charge in [-0.25, -0.2) is 10.2 Å². The highest BCUT2D eigenvalue weighted by Crippen LogP contribution is 2.41. The van der Waals surface area contributed by atoms with Crippen LogP contribution in [0.2, 0.25) is 0 Å². The number of methoxy groups -OCH3 is 1. The second-order valence-electron chi connectivity index (χ2n) is 6.33. The highest BCUT2D eigenvalue weighted by molar-refractivity contribution is 6.04. The van der Waals surface area contributed by atoms with Gasteiger partial charge < -0.3 is 14.6 Å². The highest BCUT2D eigenvalue weighted by atomic mass is 16.5. The average Bonchev–Trinajstić information content (AvgIpc) is 2.59. The average molecular weight is 348 g/mol. The summed E-state index contributed by atoms with van der Waals surface area (Å²) in [5, 5.41) is 14.7. The van der Waals surface area contributed by atoms with Crippen LogP contribution in [-0.4, -0.2) is 42.2 Å². The SMILES string of the molecule is CCOC(=O)N/N=C1\CC(C)(O)CC(c2ccccc2)C1C(=O)OC. The second-order valence-corrected chi connectivity index (χ2v) is 6.33. The molecule has 3 unspecified atom stereocenters. The van der Waals surface area contributed by atoms with E-state index >= 15 is 0 Å². The molecule has 1 amide bonds. The molecule has 1 aromatic rings. The number of aliphatic hydroxyl groups is 1. The van der Waals surface area contributed by atoms with Crippen molar-refractivity contribution in [3.05, 3.63) is 35.9 Å². The number of nitrogens with zero attached hydrogens (tertiary/aromatic N) is 1. The van der Waals surface area contributed by atoms with Crippen molar-refractivity contribution in [3.63, 3.8) is 0 Å². The molecule has 0 spiro atoms. The minimum absolute atomic E-state index is 0.155. The lowest BCUT2D eigenvalue weighted by Gasteiger charge is -2.39. The maximum Gasteiger partial charge on any atom is 0.427 e. The van der Waals surface area contributed by atoms with Crippen molar-refractivity contribution in [3.8, 4) is 0 Å². The minimum atomic E-state index is -1.06. The molecule has 0 saturated heterocycles. The Kier molecular flexibility index (Phi) is 6.14. The number of hydrogen-bond acceptors (Lipinski definition) is 6. The number of hydrazone groups is 1. The van der Waals surface area contributed by atoms with Gasteiger partial charge in [0.05, 0.1) is 25.0 Å². The highest BCUT2D eigenvalue weighted by Gasteiger charge is 2.45. The van der Waals surface area contributed by atoms with E-state index in [9.17, 15) is 14.7 Å². The molecule has 1 fully saturated rings. The quantitative estimate of drug-likeness (QED) is 0.642.